The van der Waals surface area contributed by atoms with Gasteiger partial charge in [-0.15, -0.1) is 0 Å². The van der Waals surface area contributed by atoms with Gasteiger partial charge in [-0.3, -0.25) is 0 Å². The molecule has 2 atom stereocenters. The van der Waals surface area contributed by atoms with Gasteiger partial charge in [0, 0.05) is 6.08 Å². The van der Waals surface area contributed by atoms with Crippen molar-refractivity contribution in [3.05, 3.63) is 83.9 Å². The van der Waals surface area contributed by atoms with Gasteiger partial charge in [0.1, 0.15) is 6.61 Å². The van der Waals surface area contributed by atoms with Crippen LogP contribution < -0.4 is 0 Å². The maximum Gasteiger partial charge on any atom is 0.338 e. The fourth-order valence-corrected chi connectivity index (χ4v) is 2.38. The Kier molecular flexibility index (Phi) is 5.43. The first-order valence-electron chi connectivity index (χ1n) is 8.00. The minimum Gasteiger partial charge on any atom is -0.458 e. The van der Waals surface area contributed by atoms with Crippen LogP contribution in [-0.4, -0.2) is 36.7 Å². The maximum absolute atomic E-state index is 12.2. The SMILES string of the molecule is O=C1C=C[C@H](OC(=O)c2ccccc2)[C@@H](COC(=O)c2ccccc2)O1. The number of esters is 3. The zero-order valence-corrected chi connectivity index (χ0v) is 13.7. The summed E-state index contributed by atoms with van der Waals surface area (Å²) in [6.45, 7) is -0.226. The summed E-state index contributed by atoms with van der Waals surface area (Å²) in [5.74, 6) is -1.69. The van der Waals surface area contributed by atoms with Crippen molar-refractivity contribution in [1.82, 2.24) is 0 Å². The van der Waals surface area contributed by atoms with E-state index in [1.165, 1.54) is 12.2 Å². The van der Waals surface area contributed by atoms with E-state index in [-0.39, 0.29) is 6.61 Å². The van der Waals surface area contributed by atoms with Crippen molar-refractivity contribution in [1.29, 1.82) is 0 Å². The highest BCUT2D eigenvalue weighted by molar-refractivity contribution is 5.90. The van der Waals surface area contributed by atoms with E-state index in [0.29, 0.717) is 11.1 Å². The predicted molar refractivity (Wildman–Crippen MR) is 91.4 cm³/mol. The van der Waals surface area contributed by atoms with E-state index in [2.05, 4.69) is 0 Å². The quantitative estimate of drug-likeness (QED) is 0.608. The van der Waals surface area contributed by atoms with Gasteiger partial charge in [0.2, 0.25) is 0 Å². The van der Waals surface area contributed by atoms with Gasteiger partial charge < -0.3 is 14.2 Å². The van der Waals surface area contributed by atoms with Crippen molar-refractivity contribution in [2.75, 3.05) is 6.61 Å². The zero-order valence-electron chi connectivity index (χ0n) is 13.7. The summed E-state index contributed by atoms with van der Waals surface area (Å²) in [5, 5.41) is 0. The van der Waals surface area contributed by atoms with E-state index in [9.17, 15) is 14.4 Å². The largest absolute Gasteiger partial charge is 0.458 e. The Morgan fingerprint density at radius 1 is 0.885 bits per heavy atom. The second kappa shape index (κ2) is 8.11. The molecular weight excluding hydrogens is 336 g/mol. The van der Waals surface area contributed by atoms with E-state index in [1.807, 2.05) is 0 Å². The molecule has 0 radical (unpaired) electrons. The molecule has 0 fully saturated rings. The number of rotatable bonds is 5. The monoisotopic (exact) mass is 352 g/mol. The van der Waals surface area contributed by atoms with Crippen LogP contribution in [0.3, 0.4) is 0 Å². The fraction of sp³-hybridized carbons (Fsp3) is 0.150. The van der Waals surface area contributed by atoms with Crippen LogP contribution in [0.15, 0.2) is 72.8 Å². The molecule has 0 saturated carbocycles. The summed E-state index contributed by atoms with van der Waals surface area (Å²) in [5.41, 5.74) is 0.751. The lowest BCUT2D eigenvalue weighted by Crippen LogP contribution is -2.40. The zero-order chi connectivity index (χ0) is 18.4. The number of cyclic esters (lactones) is 1. The summed E-state index contributed by atoms with van der Waals surface area (Å²) in [4.78, 5) is 35.7. The van der Waals surface area contributed by atoms with Crippen molar-refractivity contribution in [3.8, 4) is 0 Å². The molecular formula is C20H16O6. The lowest BCUT2D eigenvalue weighted by molar-refractivity contribution is -0.153. The first-order chi connectivity index (χ1) is 12.6. The van der Waals surface area contributed by atoms with Crippen LogP contribution in [-0.2, 0) is 19.0 Å². The van der Waals surface area contributed by atoms with E-state index in [0.717, 1.165) is 0 Å². The highest BCUT2D eigenvalue weighted by atomic mass is 16.6. The number of carbonyl (C=O) groups is 3. The Morgan fingerprint density at radius 2 is 1.46 bits per heavy atom. The van der Waals surface area contributed by atoms with Gasteiger partial charge in [0.05, 0.1) is 11.1 Å². The topological polar surface area (TPSA) is 78.9 Å². The molecule has 0 N–H and O–H groups in total. The molecule has 132 valence electrons. The van der Waals surface area contributed by atoms with Crippen LogP contribution >= 0.6 is 0 Å². The lowest BCUT2D eigenvalue weighted by Gasteiger charge is -2.26. The maximum atomic E-state index is 12.2. The van der Waals surface area contributed by atoms with E-state index >= 15 is 0 Å². The minimum atomic E-state index is -0.909. The average molecular weight is 352 g/mol. The molecule has 0 amide bonds. The Hall–Kier alpha value is -3.41. The molecule has 1 aliphatic rings. The van der Waals surface area contributed by atoms with Gasteiger partial charge in [-0.25, -0.2) is 14.4 Å². The number of carbonyl (C=O) groups excluding carboxylic acids is 3. The van der Waals surface area contributed by atoms with Crippen LogP contribution in [0, 0.1) is 0 Å². The Bertz CT molecular complexity index is 813. The second-order valence-electron chi connectivity index (χ2n) is 5.53. The van der Waals surface area contributed by atoms with Crippen LogP contribution in [0.5, 0.6) is 0 Å². The minimum absolute atomic E-state index is 0.226. The Labute approximate surface area is 150 Å². The van der Waals surface area contributed by atoms with E-state index < -0.39 is 30.1 Å². The van der Waals surface area contributed by atoms with Crippen molar-refractivity contribution < 1.29 is 28.6 Å². The highest BCUT2D eigenvalue weighted by Gasteiger charge is 2.31. The van der Waals surface area contributed by atoms with Crippen molar-refractivity contribution in [3.63, 3.8) is 0 Å². The highest BCUT2D eigenvalue weighted by Crippen LogP contribution is 2.16. The molecule has 2 aromatic rings. The van der Waals surface area contributed by atoms with Crippen molar-refractivity contribution in [2.24, 2.45) is 0 Å². The lowest BCUT2D eigenvalue weighted by atomic mass is 10.1. The fourth-order valence-electron chi connectivity index (χ4n) is 2.38. The summed E-state index contributed by atoms with van der Waals surface area (Å²) in [6.07, 6.45) is 0.850. The van der Waals surface area contributed by atoms with Gasteiger partial charge in [0.15, 0.2) is 12.2 Å². The molecule has 0 bridgehead atoms. The van der Waals surface area contributed by atoms with Gasteiger partial charge in [-0.1, -0.05) is 36.4 Å². The molecule has 6 heteroatoms. The molecule has 1 heterocycles. The van der Waals surface area contributed by atoms with Gasteiger partial charge >= 0.3 is 17.9 Å². The van der Waals surface area contributed by atoms with Gasteiger partial charge in [0.25, 0.3) is 0 Å². The van der Waals surface area contributed by atoms with E-state index in [1.54, 1.807) is 60.7 Å². The molecule has 0 unspecified atom stereocenters. The predicted octanol–water partition coefficient (Wildman–Crippen LogP) is 2.55. The molecule has 6 nitrogen and oxygen atoms in total. The number of benzene rings is 2. The van der Waals surface area contributed by atoms with Gasteiger partial charge in [-0.2, -0.15) is 0 Å². The molecule has 26 heavy (non-hydrogen) atoms. The van der Waals surface area contributed by atoms with E-state index in [4.69, 9.17) is 14.2 Å². The average Bonchev–Trinajstić information content (AvgIpc) is 2.69. The number of hydrogen-bond donors (Lipinski definition) is 0. The smallest absolute Gasteiger partial charge is 0.338 e. The van der Waals surface area contributed by atoms with Crippen LogP contribution in [0.25, 0.3) is 0 Å². The third-order valence-electron chi connectivity index (χ3n) is 3.70. The Balaban J connectivity index is 1.64. The van der Waals surface area contributed by atoms with Crippen LogP contribution in [0.4, 0.5) is 0 Å². The number of hydrogen-bond acceptors (Lipinski definition) is 6. The van der Waals surface area contributed by atoms with Crippen LogP contribution in [0.2, 0.25) is 0 Å². The number of ether oxygens (including phenoxy) is 3. The summed E-state index contributed by atoms with van der Waals surface area (Å²) < 4.78 is 15.7. The summed E-state index contributed by atoms with van der Waals surface area (Å²) in [6, 6.07) is 16.9. The molecule has 2 aromatic carbocycles. The molecule has 0 saturated heterocycles. The third kappa shape index (κ3) is 4.36. The third-order valence-corrected chi connectivity index (χ3v) is 3.70. The molecule has 0 spiro atoms. The standard InChI is InChI=1S/C20H16O6/c21-18-12-11-16(26-20(23)15-9-5-2-6-10-15)17(25-18)13-24-19(22)14-7-3-1-4-8-14/h1-12,16-17H,13H2/t16-,17+/m0/s1. The van der Waals surface area contributed by atoms with Crippen molar-refractivity contribution >= 4 is 17.9 Å². The Morgan fingerprint density at radius 3 is 2.08 bits per heavy atom. The van der Waals surface area contributed by atoms with Gasteiger partial charge in [-0.05, 0) is 30.3 Å². The van der Waals surface area contributed by atoms with Crippen LogP contribution in [0.1, 0.15) is 20.7 Å². The molecule has 1 aliphatic heterocycles. The molecule has 3 rings (SSSR count). The normalized spacial score (nSPS) is 18.7. The second-order valence-corrected chi connectivity index (χ2v) is 5.53. The summed E-state index contributed by atoms with van der Waals surface area (Å²) >= 11 is 0. The van der Waals surface area contributed by atoms with Crippen molar-refractivity contribution in [2.45, 2.75) is 12.2 Å². The molecule has 0 aliphatic carbocycles. The summed E-state index contributed by atoms with van der Waals surface area (Å²) in [7, 11) is 0. The first kappa shape index (κ1) is 17.4. The first-order valence-corrected chi connectivity index (χ1v) is 8.00. The molecule has 0 aromatic heterocycles.